The van der Waals surface area contributed by atoms with Gasteiger partial charge in [0.1, 0.15) is 5.60 Å². The Bertz CT molecular complexity index is 410. The van der Waals surface area contributed by atoms with E-state index in [0.717, 1.165) is 6.26 Å². The SMILES string of the molecule is CC(C)(C)OC(=O)N1CC(NCCNS(C)(=O)=O)C1. The summed E-state index contributed by atoms with van der Waals surface area (Å²) in [4.78, 5) is 13.3. The van der Waals surface area contributed by atoms with Crippen molar-refractivity contribution in [2.75, 3.05) is 32.4 Å². The number of likely N-dealkylation sites (tertiary alicyclic amines) is 1. The zero-order valence-electron chi connectivity index (χ0n) is 11.9. The number of nitrogens with one attached hydrogen (secondary N) is 2. The second-order valence-corrected chi connectivity index (χ2v) is 7.54. The number of sulfonamides is 1. The molecule has 0 radical (unpaired) electrons. The van der Waals surface area contributed by atoms with Gasteiger partial charge >= 0.3 is 6.09 Å². The van der Waals surface area contributed by atoms with E-state index in [1.165, 1.54) is 0 Å². The van der Waals surface area contributed by atoms with Gasteiger partial charge in [0.05, 0.1) is 6.26 Å². The molecule has 112 valence electrons. The molecule has 1 aliphatic heterocycles. The van der Waals surface area contributed by atoms with Gasteiger partial charge in [0.25, 0.3) is 0 Å². The van der Waals surface area contributed by atoms with Crippen LogP contribution in [0.4, 0.5) is 4.79 Å². The predicted octanol–water partition coefficient (Wildman–Crippen LogP) is -0.255. The van der Waals surface area contributed by atoms with Crippen molar-refractivity contribution < 1.29 is 17.9 Å². The summed E-state index contributed by atoms with van der Waals surface area (Å²) in [5, 5.41) is 3.16. The van der Waals surface area contributed by atoms with Gasteiger partial charge in [0.2, 0.25) is 10.0 Å². The molecule has 0 saturated carbocycles. The van der Waals surface area contributed by atoms with E-state index in [0.29, 0.717) is 26.2 Å². The highest BCUT2D eigenvalue weighted by Gasteiger charge is 2.33. The van der Waals surface area contributed by atoms with Gasteiger partial charge < -0.3 is 15.0 Å². The zero-order valence-corrected chi connectivity index (χ0v) is 12.7. The molecule has 7 nitrogen and oxygen atoms in total. The Morgan fingerprint density at radius 1 is 1.32 bits per heavy atom. The van der Waals surface area contributed by atoms with Gasteiger partial charge in [-0.1, -0.05) is 0 Å². The number of ether oxygens (including phenoxy) is 1. The van der Waals surface area contributed by atoms with E-state index in [9.17, 15) is 13.2 Å². The van der Waals surface area contributed by atoms with Gasteiger partial charge in [-0.05, 0) is 20.8 Å². The summed E-state index contributed by atoms with van der Waals surface area (Å²) in [5.41, 5.74) is -0.477. The van der Waals surface area contributed by atoms with E-state index in [1.54, 1.807) is 4.90 Å². The maximum atomic E-state index is 11.6. The number of carbonyl (C=O) groups excluding carboxylic acids is 1. The minimum Gasteiger partial charge on any atom is -0.444 e. The van der Waals surface area contributed by atoms with Crippen molar-refractivity contribution in [3.8, 4) is 0 Å². The molecule has 1 heterocycles. The fraction of sp³-hybridized carbons (Fsp3) is 0.909. The van der Waals surface area contributed by atoms with Crippen LogP contribution in [0.3, 0.4) is 0 Å². The molecular weight excluding hydrogens is 270 g/mol. The Kier molecular flexibility index (Phi) is 5.17. The quantitative estimate of drug-likeness (QED) is 0.682. The second kappa shape index (κ2) is 6.06. The molecule has 0 aliphatic carbocycles. The summed E-state index contributed by atoms with van der Waals surface area (Å²) in [6, 6.07) is 0.203. The highest BCUT2D eigenvalue weighted by molar-refractivity contribution is 7.88. The zero-order chi connectivity index (χ0) is 14.7. The van der Waals surface area contributed by atoms with E-state index < -0.39 is 15.6 Å². The molecule has 1 rings (SSSR count). The van der Waals surface area contributed by atoms with Crippen LogP contribution in [0.5, 0.6) is 0 Å². The Labute approximate surface area is 114 Å². The predicted molar refractivity (Wildman–Crippen MR) is 72.4 cm³/mol. The van der Waals surface area contributed by atoms with Crippen LogP contribution < -0.4 is 10.0 Å². The number of hydrogen-bond acceptors (Lipinski definition) is 5. The van der Waals surface area contributed by atoms with Crippen LogP contribution in [0.15, 0.2) is 0 Å². The summed E-state index contributed by atoms with van der Waals surface area (Å²) in [7, 11) is -3.13. The average molecular weight is 293 g/mol. The first-order valence-corrected chi connectivity index (χ1v) is 8.12. The maximum Gasteiger partial charge on any atom is 0.410 e. The van der Waals surface area contributed by atoms with Crippen LogP contribution in [0.25, 0.3) is 0 Å². The molecule has 0 atom stereocenters. The Morgan fingerprint density at radius 2 is 1.89 bits per heavy atom. The highest BCUT2D eigenvalue weighted by atomic mass is 32.2. The standard InChI is InChI=1S/C11H23N3O4S/c1-11(2,3)18-10(15)14-7-9(8-14)12-5-6-13-19(4,16)17/h9,12-13H,5-8H2,1-4H3. The van der Waals surface area contributed by atoms with Gasteiger partial charge in [0, 0.05) is 32.2 Å². The molecule has 0 spiro atoms. The maximum absolute atomic E-state index is 11.6. The lowest BCUT2D eigenvalue weighted by atomic mass is 10.1. The third-order valence-electron chi connectivity index (χ3n) is 2.46. The molecule has 0 unspecified atom stereocenters. The lowest BCUT2D eigenvalue weighted by Crippen LogP contribution is -2.61. The highest BCUT2D eigenvalue weighted by Crippen LogP contribution is 2.14. The molecule has 2 N–H and O–H groups in total. The number of hydrogen-bond donors (Lipinski definition) is 2. The van der Waals surface area contributed by atoms with Gasteiger partial charge in [0.15, 0.2) is 0 Å². The number of rotatable bonds is 5. The first kappa shape index (κ1) is 16.2. The number of carbonyl (C=O) groups is 1. The summed E-state index contributed by atoms with van der Waals surface area (Å²) >= 11 is 0. The van der Waals surface area contributed by atoms with E-state index in [1.807, 2.05) is 20.8 Å². The number of nitrogens with zero attached hydrogens (tertiary/aromatic N) is 1. The summed E-state index contributed by atoms with van der Waals surface area (Å²) in [6.45, 7) is 7.56. The molecule has 1 amide bonds. The lowest BCUT2D eigenvalue weighted by molar-refractivity contribution is 0.00547. The van der Waals surface area contributed by atoms with Gasteiger partial charge in [-0.3, -0.25) is 0 Å². The normalized spacial score (nSPS) is 17.2. The van der Waals surface area contributed by atoms with Crippen molar-refractivity contribution in [1.29, 1.82) is 0 Å². The molecule has 0 aromatic heterocycles. The average Bonchev–Trinajstić information content (AvgIpc) is 2.09. The van der Waals surface area contributed by atoms with E-state index in [2.05, 4.69) is 10.0 Å². The van der Waals surface area contributed by atoms with E-state index in [4.69, 9.17) is 4.74 Å². The Balaban J connectivity index is 2.12. The van der Waals surface area contributed by atoms with Crippen LogP contribution >= 0.6 is 0 Å². The fourth-order valence-electron chi connectivity index (χ4n) is 1.60. The Hall–Kier alpha value is -0.860. The molecule has 19 heavy (non-hydrogen) atoms. The fourth-order valence-corrected chi connectivity index (χ4v) is 2.07. The van der Waals surface area contributed by atoms with Gasteiger partial charge in [-0.15, -0.1) is 0 Å². The van der Waals surface area contributed by atoms with Gasteiger partial charge in [-0.2, -0.15) is 0 Å². The first-order chi connectivity index (χ1) is 8.57. The van der Waals surface area contributed by atoms with Gasteiger partial charge in [-0.25, -0.2) is 17.9 Å². The third-order valence-corrected chi connectivity index (χ3v) is 3.18. The monoisotopic (exact) mass is 293 g/mol. The molecule has 1 aliphatic rings. The van der Waals surface area contributed by atoms with Crippen molar-refractivity contribution in [3.05, 3.63) is 0 Å². The molecule has 1 fully saturated rings. The minimum atomic E-state index is -3.13. The van der Waals surface area contributed by atoms with Crippen molar-refractivity contribution in [2.24, 2.45) is 0 Å². The van der Waals surface area contributed by atoms with E-state index in [-0.39, 0.29) is 12.1 Å². The van der Waals surface area contributed by atoms with Crippen LogP contribution in [0.2, 0.25) is 0 Å². The largest absolute Gasteiger partial charge is 0.444 e. The third kappa shape index (κ3) is 6.74. The summed E-state index contributed by atoms with van der Waals surface area (Å²) in [5.74, 6) is 0. The van der Waals surface area contributed by atoms with Crippen LogP contribution in [-0.4, -0.2) is 63.5 Å². The molecule has 8 heteroatoms. The van der Waals surface area contributed by atoms with Crippen LogP contribution in [-0.2, 0) is 14.8 Å². The van der Waals surface area contributed by atoms with Crippen molar-refractivity contribution in [1.82, 2.24) is 14.9 Å². The smallest absolute Gasteiger partial charge is 0.410 e. The van der Waals surface area contributed by atoms with Crippen molar-refractivity contribution >= 4 is 16.1 Å². The Morgan fingerprint density at radius 3 is 2.37 bits per heavy atom. The first-order valence-electron chi connectivity index (χ1n) is 6.23. The van der Waals surface area contributed by atoms with Crippen LogP contribution in [0.1, 0.15) is 20.8 Å². The minimum absolute atomic E-state index is 0.203. The second-order valence-electron chi connectivity index (χ2n) is 5.70. The molecule has 0 aromatic rings. The topological polar surface area (TPSA) is 87.7 Å². The molecule has 0 bridgehead atoms. The molecule has 0 aromatic carbocycles. The van der Waals surface area contributed by atoms with Crippen molar-refractivity contribution in [3.63, 3.8) is 0 Å². The molecule has 1 saturated heterocycles. The van der Waals surface area contributed by atoms with E-state index >= 15 is 0 Å². The summed E-state index contributed by atoms with van der Waals surface area (Å²) in [6.07, 6.45) is 0.820. The number of amides is 1. The lowest BCUT2D eigenvalue weighted by Gasteiger charge is -2.40. The summed E-state index contributed by atoms with van der Waals surface area (Å²) < 4.78 is 29.3. The van der Waals surface area contributed by atoms with Crippen molar-refractivity contribution in [2.45, 2.75) is 32.4 Å². The van der Waals surface area contributed by atoms with Crippen LogP contribution in [0, 0.1) is 0 Å². The molecular formula is C11H23N3O4S.